The molecule has 0 spiro atoms. The molecule has 0 bridgehead atoms. The van der Waals surface area contributed by atoms with Gasteiger partial charge in [-0.1, -0.05) is 6.08 Å². The van der Waals surface area contributed by atoms with Gasteiger partial charge in [-0.15, -0.1) is 0 Å². The molecule has 0 saturated carbocycles. The third-order valence-electron chi connectivity index (χ3n) is 3.31. The number of hydrogen-bond donors (Lipinski definition) is 2. The van der Waals surface area contributed by atoms with Crippen LogP contribution < -0.4 is 5.32 Å². The average molecular weight is 277 g/mol. The molecule has 0 aromatic carbocycles. The molecule has 0 fully saturated rings. The van der Waals surface area contributed by atoms with E-state index in [2.05, 4.69) is 21.6 Å². The quantitative estimate of drug-likeness (QED) is 0.872. The summed E-state index contributed by atoms with van der Waals surface area (Å²) in [4.78, 5) is 11.7. The number of nitrogens with zero attached hydrogens (tertiary/aromatic N) is 1. The lowest BCUT2D eigenvalue weighted by Crippen LogP contribution is -2.39. The van der Waals surface area contributed by atoms with Crippen molar-refractivity contribution in [3.63, 3.8) is 0 Å². The van der Waals surface area contributed by atoms with Gasteiger partial charge >= 0.3 is 6.09 Å². The second-order valence-corrected chi connectivity index (χ2v) is 6.26. The van der Waals surface area contributed by atoms with Crippen LogP contribution in [0.3, 0.4) is 0 Å². The van der Waals surface area contributed by atoms with Gasteiger partial charge in [0.2, 0.25) is 0 Å². The Morgan fingerprint density at radius 3 is 2.75 bits per heavy atom. The lowest BCUT2D eigenvalue weighted by molar-refractivity contribution is 0.0502. The van der Waals surface area contributed by atoms with Crippen molar-refractivity contribution in [3.05, 3.63) is 23.5 Å². The second kappa shape index (κ2) is 5.69. The van der Waals surface area contributed by atoms with E-state index in [0.29, 0.717) is 0 Å². The fourth-order valence-electron chi connectivity index (χ4n) is 2.36. The summed E-state index contributed by atoms with van der Waals surface area (Å²) in [5.41, 5.74) is 3.13. The van der Waals surface area contributed by atoms with Crippen LogP contribution in [0.25, 0.3) is 5.57 Å². The number of alkyl carbamates (subject to hydrolysis) is 1. The Morgan fingerprint density at radius 2 is 2.25 bits per heavy atom. The van der Waals surface area contributed by atoms with Gasteiger partial charge in [0, 0.05) is 17.3 Å². The van der Waals surface area contributed by atoms with Gasteiger partial charge in [-0.2, -0.15) is 5.10 Å². The van der Waals surface area contributed by atoms with Crippen molar-refractivity contribution in [1.29, 1.82) is 0 Å². The summed E-state index contributed by atoms with van der Waals surface area (Å²) in [6, 6.07) is 0.154. The molecule has 1 unspecified atom stereocenters. The minimum absolute atomic E-state index is 0.154. The lowest BCUT2D eigenvalue weighted by atomic mass is 9.91. The van der Waals surface area contributed by atoms with Crippen LogP contribution in [0.15, 0.2) is 12.3 Å². The summed E-state index contributed by atoms with van der Waals surface area (Å²) in [6.07, 6.45) is 6.42. The van der Waals surface area contributed by atoms with E-state index in [1.807, 2.05) is 33.9 Å². The maximum absolute atomic E-state index is 11.7. The van der Waals surface area contributed by atoms with E-state index < -0.39 is 5.60 Å². The summed E-state index contributed by atoms with van der Waals surface area (Å²) in [5, 5.41) is 9.93. The van der Waals surface area contributed by atoms with Crippen LogP contribution in [0, 0.1) is 6.92 Å². The number of aromatic nitrogens is 2. The average Bonchev–Trinajstić information content (AvgIpc) is 2.74. The number of hydrogen-bond acceptors (Lipinski definition) is 3. The molecule has 110 valence electrons. The first kappa shape index (κ1) is 14.6. The molecule has 1 aromatic rings. The summed E-state index contributed by atoms with van der Waals surface area (Å²) in [7, 11) is 0. The fraction of sp³-hybridized carbons (Fsp3) is 0.600. The monoisotopic (exact) mass is 277 g/mol. The van der Waals surface area contributed by atoms with Crippen LogP contribution >= 0.6 is 0 Å². The predicted molar refractivity (Wildman–Crippen MR) is 78.3 cm³/mol. The van der Waals surface area contributed by atoms with Gasteiger partial charge in [0.25, 0.3) is 0 Å². The molecule has 20 heavy (non-hydrogen) atoms. The molecule has 5 heteroatoms. The largest absolute Gasteiger partial charge is 0.444 e. The number of amides is 1. The zero-order valence-electron chi connectivity index (χ0n) is 12.6. The van der Waals surface area contributed by atoms with Gasteiger partial charge in [0.15, 0.2) is 0 Å². The first-order valence-electron chi connectivity index (χ1n) is 7.04. The van der Waals surface area contributed by atoms with Crippen LogP contribution in [0.4, 0.5) is 4.79 Å². The number of rotatable bonds is 2. The van der Waals surface area contributed by atoms with Crippen molar-refractivity contribution in [2.75, 3.05) is 0 Å². The highest BCUT2D eigenvalue weighted by molar-refractivity contribution is 5.70. The predicted octanol–water partition coefficient (Wildman–Crippen LogP) is 3.18. The molecule has 2 rings (SSSR count). The van der Waals surface area contributed by atoms with Crippen molar-refractivity contribution in [1.82, 2.24) is 15.5 Å². The zero-order valence-corrected chi connectivity index (χ0v) is 12.6. The third-order valence-corrected chi connectivity index (χ3v) is 3.31. The van der Waals surface area contributed by atoms with Crippen LogP contribution in [0.1, 0.15) is 51.3 Å². The van der Waals surface area contributed by atoms with Crippen LogP contribution in [-0.4, -0.2) is 27.9 Å². The number of aryl methyl sites for hydroxylation is 1. The highest BCUT2D eigenvalue weighted by Crippen LogP contribution is 2.28. The maximum Gasteiger partial charge on any atom is 0.407 e. The van der Waals surface area contributed by atoms with Gasteiger partial charge in [0.1, 0.15) is 5.60 Å². The molecule has 0 radical (unpaired) electrons. The second-order valence-electron chi connectivity index (χ2n) is 6.26. The van der Waals surface area contributed by atoms with Gasteiger partial charge in [-0.3, -0.25) is 5.10 Å². The van der Waals surface area contributed by atoms with Crippen molar-refractivity contribution in [3.8, 4) is 0 Å². The molecule has 5 nitrogen and oxygen atoms in total. The molecular weight excluding hydrogens is 254 g/mol. The first-order valence-corrected chi connectivity index (χ1v) is 7.04. The van der Waals surface area contributed by atoms with Gasteiger partial charge in [-0.25, -0.2) is 4.79 Å². The number of allylic oxidation sites excluding steroid dienone is 1. The summed E-state index contributed by atoms with van der Waals surface area (Å²) >= 11 is 0. The SMILES string of the molecule is Cc1[nH]ncc1C1=CCC(NC(=O)OC(C)(C)C)CC1. The number of aromatic amines is 1. The summed E-state index contributed by atoms with van der Waals surface area (Å²) in [5.74, 6) is 0. The number of H-pyrrole nitrogens is 1. The minimum Gasteiger partial charge on any atom is -0.444 e. The number of ether oxygens (including phenoxy) is 1. The Morgan fingerprint density at radius 1 is 1.50 bits per heavy atom. The van der Waals surface area contributed by atoms with E-state index in [-0.39, 0.29) is 12.1 Å². The van der Waals surface area contributed by atoms with E-state index in [9.17, 15) is 4.79 Å². The standard InChI is InChI=1S/C15H23N3O2/c1-10-13(9-16-18-10)11-5-7-12(8-6-11)17-14(19)20-15(2,3)4/h5,9,12H,6-8H2,1-4H3,(H,16,18)(H,17,19). The first-order chi connectivity index (χ1) is 9.35. The van der Waals surface area contributed by atoms with E-state index in [1.54, 1.807) is 0 Å². The van der Waals surface area contributed by atoms with E-state index >= 15 is 0 Å². The molecule has 0 aliphatic heterocycles. The molecule has 0 saturated heterocycles. The summed E-state index contributed by atoms with van der Waals surface area (Å²) in [6.45, 7) is 7.63. The Labute approximate surface area is 119 Å². The molecule has 1 aromatic heterocycles. The third kappa shape index (κ3) is 3.85. The van der Waals surface area contributed by atoms with Gasteiger partial charge in [-0.05, 0) is 52.5 Å². The maximum atomic E-state index is 11.7. The van der Waals surface area contributed by atoms with Crippen LogP contribution in [0.2, 0.25) is 0 Å². The number of carbonyl (C=O) groups excluding carboxylic acids is 1. The van der Waals surface area contributed by atoms with Crippen molar-refractivity contribution in [2.24, 2.45) is 0 Å². The van der Waals surface area contributed by atoms with E-state index in [4.69, 9.17) is 4.74 Å². The van der Waals surface area contributed by atoms with Gasteiger partial charge < -0.3 is 10.1 Å². The molecule has 1 aliphatic carbocycles. The molecule has 1 atom stereocenters. The van der Waals surface area contributed by atoms with Crippen molar-refractivity contribution < 1.29 is 9.53 Å². The summed E-state index contributed by atoms with van der Waals surface area (Å²) < 4.78 is 5.27. The van der Waals surface area contributed by atoms with Crippen molar-refractivity contribution >= 4 is 11.7 Å². The highest BCUT2D eigenvalue weighted by atomic mass is 16.6. The van der Waals surface area contributed by atoms with Crippen LogP contribution in [0.5, 0.6) is 0 Å². The topological polar surface area (TPSA) is 67.0 Å². The zero-order chi connectivity index (χ0) is 14.8. The highest BCUT2D eigenvalue weighted by Gasteiger charge is 2.22. The van der Waals surface area contributed by atoms with Crippen LogP contribution in [-0.2, 0) is 4.74 Å². The van der Waals surface area contributed by atoms with E-state index in [0.717, 1.165) is 25.0 Å². The lowest BCUT2D eigenvalue weighted by Gasteiger charge is -2.25. The van der Waals surface area contributed by atoms with Gasteiger partial charge in [0.05, 0.1) is 6.20 Å². The smallest absolute Gasteiger partial charge is 0.407 e. The molecular formula is C15H23N3O2. The van der Waals surface area contributed by atoms with E-state index in [1.165, 1.54) is 11.1 Å². The Balaban J connectivity index is 1.89. The van der Waals surface area contributed by atoms with Crippen molar-refractivity contribution in [2.45, 2.75) is 58.6 Å². The fourth-order valence-corrected chi connectivity index (χ4v) is 2.36. The Kier molecular flexibility index (Phi) is 4.16. The molecule has 1 heterocycles. The normalized spacial score (nSPS) is 19.4. The molecule has 1 aliphatic rings. The molecule has 2 N–H and O–H groups in total. The number of carbonyl (C=O) groups is 1. The number of nitrogens with one attached hydrogen (secondary N) is 2. The Hall–Kier alpha value is -1.78. The molecule has 1 amide bonds. The minimum atomic E-state index is -0.451. The Bertz CT molecular complexity index is 511.